The van der Waals surface area contributed by atoms with Crippen molar-refractivity contribution in [2.75, 3.05) is 19.7 Å². The van der Waals surface area contributed by atoms with E-state index >= 15 is 0 Å². The Balaban J connectivity index is 0.00000162. The van der Waals surface area contributed by atoms with Crippen molar-refractivity contribution in [3.05, 3.63) is 0 Å². The summed E-state index contributed by atoms with van der Waals surface area (Å²) >= 11 is 0. The van der Waals surface area contributed by atoms with Crippen LogP contribution in [0.1, 0.15) is 51.9 Å². The lowest BCUT2D eigenvalue weighted by Crippen LogP contribution is -2.39. The third-order valence-electron chi connectivity index (χ3n) is 4.59. The average Bonchev–Trinajstić information content (AvgIpc) is 2.34. The molecule has 4 heteroatoms. The van der Waals surface area contributed by atoms with Gasteiger partial charge in [0.05, 0.1) is 6.61 Å². The van der Waals surface area contributed by atoms with E-state index in [2.05, 4.69) is 5.32 Å². The largest absolute Gasteiger partial charge is 0.466 e. The van der Waals surface area contributed by atoms with Crippen LogP contribution < -0.4 is 5.32 Å². The van der Waals surface area contributed by atoms with Crippen LogP contribution in [0.15, 0.2) is 0 Å². The van der Waals surface area contributed by atoms with Crippen molar-refractivity contribution in [3.63, 3.8) is 0 Å². The van der Waals surface area contributed by atoms with Gasteiger partial charge in [-0.15, -0.1) is 12.4 Å². The van der Waals surface area contributed by atoms with Crippen LogP contribution >= 0.6 is 12.4 Å². The molecule has 1 spiro atoms. The fourth-order valence-electron chi connectivity index (χ4n) is 3.41. The highest BCUT2D eigenvalue weighted by Gasteiger charge is 2.36. The van der Waals surface area contributed by atoms with Gasteiger partial charge >= 0.3 is 5.97 Å². The first-order valence-corrected chi connectivity index (χ1v) is 7.10. The second kappa shape index (κ2) is 7.34. The number of carbonyl (C=O) groups is 1. The van der Waals surface area contributed by atoms with Crippen LogP contribution in [0, 0.1) is 11.3 Å². The maximum atomic E-state index is 11.4. The number of rotatable bonds is 3. The molecule has 0 aromatic rings. The lowest BCUT2D eigenvalue weighted by molar-refractivity contribution is -0.144. The van der Waals surface area contributed by atoms with Gasteiger partial charge in [0, 0.05) is 6.42 Å². The average molecular weight is 276 g/mol. The second-order valence-electron chi connectivity index (χ2n) is 5.70. The van der Waals surface area contributed by atoms with E-state index in [1.54, 1.807) is 0 Å². The summed E-state index contributed by atoms with van der Waals surface area (Å²) < 4.78 is 5.03. The molecule has 2 rings (SSSR count). The van der Waals surface area contributed by atoms with Gasteiger partial charge in [-0.25, -0.2) is 0 Å². The molecule has 1 saturated heterocycles. The summed E-state index contributed by atoms with van der Waals surface area (Å²) in [6.07, 6.45) is 8.38. The van der Waals surface area contributed by atoms with Gasteiger partial charge in [0.25, 0.3) is 0 Å². The summed E-state index contributed by atoms with van der Waals surface area (Å²) in [6, 6.07) is 0. The minimum atomic E-state index is -0.00115. The first kappa shape index (κ1) is 15.8. The van der Waals surface area contributed by atoms with Gasteiger partial charge in [0.2, 0.25) is 0 Å². The van der Waals surface area contributed by atoms with E-state index in [4.69, 9.17) is 4.74 Å². The molecule has 106 valence electrons. The van der Waals surface area contributed by atoms with Crippen LogP contribution in [0.4, 0.5) is 0 Å². The molecule has 0 aromatic heterocycles. The van der Waals surface area contributed by atoms with Crippen molar-refractivity contribution >= 4 is 18.4 Å². The first-order chi connectivity index (χ1) is 8.24. The Hall–Kier alpha value is -0.280. The molecule has 1 aliphatic heterocycles. The highest BCUT2D eigenvalue weighted by atomic mass is 35.5. The Morgan fingerprint density at radius 1 is 1.22 bits per heavy atom. The van der Waals surface area contributed by atoms with Crippen LogP contribution in [0.25, 0.3) is 0 Å². The zero-order valence-corrected chi connectivity index (χ0v) is 12.2. The summed E-state index contributed by atoms with van der Waals surface area (Å²) in [5.74, 6) is 0.577. The number of carbonyl (C=O) groups excluding carboxylic acids is 1. The Morgan fingerprint density at radius 3 is 2.39 bits per heavy atom. The van der Waals surface area contributed by atoms with Crippen molar-refractivity contribution in [1.82, 2.24) is 5.32 Å². The molecular formula is C14H26ClNO2. The number of nitrogens with one attached hydrogen (secondary N) is 1. The van der Waals surface area contributed by atoms with E-state index in [1.165, 1.54) is 51.6 Å². The molecule has 0 aromatic carbocycles. The van der Waals surface area contributed by atoms with Crippen LogP contribution in [0.2, 0.25) is 0 Å². The van der Waals surface area contributed by atoms with Crippen molar-refractivity contribution in [1.29, 1.82) is 0 Å². The van der Waals surface area contributed by atoms with Gasteiger partial charge < -0.3 is 10.1 Å². The summed E-state index contributed by atoms with van der Waals surface area (Å²) in [5, 5.41) is 3.44. The maximum absolute atomic E-state index is 11.4. The molecule has 0 atom stereocenters. The van der Waals surface area contributed by atoms with E-state index in [0.29, 0.717) is 24.4 Å². The number of esters is 1. The molecule has 0 unspecified atom stereocenters. The molecule has 0 bridgehead atoms. The molecule has 2 aliphatic rings. The predicted molar refractivity (Wildman–Crippen MR) is 75.0 cm³/mol. The lowest BCUT2D eigenvalue weighted by Gasteiger charge is -2.43. The van der Waals surface area contributed by atoms with Gasteiger partial charge in [0.1, 0.15) is 0 Å². The van der Waals surface area contributed by atoms with E-state index in [0.717, 1.165) is 0 Å². The summed E-state index contributed by atoms with van der Waals surface area (Å²) in [4.78, 5) is 11.4. The van der Waals surface area contributed by atoms with Crippen molar-refractivity contribution in [2.45, 2.75) is 51.9 Å². The first-order valence-electron chi connectivity index (χ1n) is 7.10. The van der Waals surface area contributed by atoms with Gasteiger partial charge in [-0.2, -0.15) is 0 Å². The number of halogens is 1. The highest BCUT2D eigenvalue weighted by molar-refractivity contribution is 5.85. The lowest BCUT2D eigenvalue weighted by atomic mass is 9.65. The Kier molecular flexibility index (Phi) is 6.44. The molecule has 1 heterocycles. The van der Waals surface area contributed by atoms with E-state index in [9.17, 15) is 4.79 Å². The van der Waals surface area contributed by atoms with E-state index in [1.807, 2.05) is 6.92 Å². The monoisotopic (exact) mass is 275 g/mol. The molecule has 2 fully saturated rings. The molecular weight excluding hydrogens is 250 g/mol. The standard InChI is InChI=1S/C14H25NO2.ClH/c1-2-17-13(16)11-12-3-5-14(6-4-12)7-9-15-10-8-14;/h12,15H,2-11H2,1H3;1H. The smallest absolute Gasteiger partial charge is 0.306 e. The van der Waals surface area contributed by atoms with Crippen LogP contribution in [-0.4, -0.2) is 25.7 Å². The van der Waals surface area contributed by atoms with E-state index < -0.39 is 0 Å². The molecule has 1 saturated carbocycles. The quantitative estimate of drug-likeness (QED) is 0.805. The number of hydrogen-bond acceptors (Lipinski definition) is 3. The Bertz CT molecular complexity index is 255. The molecule has 0 radical (unpaired) electrons. The van der Waals surface area contributed by atoms with Crippen molar-refractivity contribution in [3.8, 4) is 0 Å². The third kappa shape index (κ3) is 4.13. The van der Waals surface area contributed by atoms with Gasteiger partial charge in [0.15, 0.2) is 0 Å². The summed E-state index contributed by atoms with van der Waals surface area (Å²) in [6.45, 7) is 4.76. The molecule has 3 nitrogen and oxygen atoms in total. The summed E-state index contributed by atoms with van der Waals surface area (Å²) in [7, 11) is 0. The number of piperidine rings is 1. The van der Waals surface area contributed by atoms with Crippen LogP contribution in [0.3, 0.4) is 0 Å². The Labute approximate surface area is 116 Å². The fraction of sp³-hybridized carbons (Fsp3) is 0.929. The zero-order valence-electron chi connectivity index (χ0n) is 11.4. The van der Waals surface area contributed by atoms with E-state index in [-0.39, 0.29) is 18.4 Å². The topological polar surface area (TPSA) is 38.3 Å². The normalized spacial score (nSPS) is 23.4. The molecule has 18 heavy (non-hydrogen) atoms. The van der Waals surface area contributed by atoms with Crippen molar-refractivity contribution < 1.29 is 9.53 Å². The zero-order chi connectivity index (χ0) is 12.1. The number of hydrogen-bond donors (Lipinski definition) is 1. The Morgan fingerprint density at radius 2 is 1.83 bits per heavy atom. The summed E-state index contributed by atoms with van der Waals surface area (Å²) in [5.41, 5.74) is 0.608. The second-order valence-corrected chi connectivity index (χ2v) is 5.70. The minimum Gasteiger partial charge on any atom is -0.466 e. The molecule has 1 aliphatic carbocycles. The SMILES string of the molecule is CCOC(=O)CC1CCC2(CCNCC2)CC1.Cl. The van der Waals surface area contributed by atoms with Crippen LogP contribution in [0.5, 0.6) is 0 Å². The van der Waals surface area contributed by atoms with Crippen molar-refractivity contribution in [2.24, 2.45) is 11.3 Å². The fourth-order valence-corrected chi connectivity index (χ4v) is 3.41. The minimum absolute atomic E-state index is 0. The molecule has 1 N–H and O–H groups in total. The predicted octanol–water partition coefficient (Wildman–Crippen LogP) is 2.92. The maximum Gasteiger partial charge on any atom is 0.306 e. The van der Waals surface area contributed by atoms with Gasteiger partial charge in [-0.1, -0.05) is 0 Å². The van der Waals surface area contributed by atoms with Crippen LogP contribution in [-0.2, 0) is 9.53 Å². The highest BCUT2D eigenvalue weighted by Crippen LogP contribution is 2.45. The molecule has 0 amide bonds. The third-order valence-corrected chi connectivity index (χ3v) is 4.59. The van der Waals surface area contributed by atoms with Gasteiger partial charge in [-0.3, -0.25) is 4.79 Å². The number of ether oxygens (including phenoxy) is 1. The van der Waals surface area contributed by atoms with Gasteiger partial charge in [-0.05, 0) is 69.9 Å².